The van der Waals surface area contributed by atoms with Crippen molar-refractivity contribution in [3.8, 4) is 0 Å². The number of oxazole rings is 1. The SMILES string of the molecule is Cc1cc([C@@H](NC(=O)c2cc(Cn3ccoc3=N)cc(C3CCC4(CCCCCCC4)NC3OCC(F)(F)F)c2)C2CC2)ccc1F. The maximum absolute atomic E-state index is 14.1. The Bertz CT molecular complexity index is 1600. The molecule has 3 N–H and O–H groups in total. The quantitative estimate of drug-likeness (QED) is 0.205. The van der Waals surface area contributed by atoms with Crippen molar-refractivity contribution in [2.75, 3.05) is 6.61 Å². The van der Waals surface area contributed by atoms with Crippen molar-refractivity contribution in [3.63, 3.8) is 0 Å². The van der Waals surface area contributed by atoms with Crippen LogP contribution >= 0.6 is 0 Å². The summed E-state index contributed by atoms with van der Waals surface area (Å²) in [6.07, 6.45) is 8.24. The lowest BCUT2D eigenvalue weighted by Crippen LogP contribution is -2.57. The summed E-state index contributed by atoms with van der Waals surface area (Å²) in [4.78, 5) is 14.0. The molecular weight excluding hydrogens is 612 g/mol. The second-order valence-electron chi connectivity index (χ2n) is 13.8. The predicted octanol–water partition coefficient (Wildman–Crippen LogP) is 7.79. The molecule has 0 bridgehead atoms. The zero-order valence-electron chi connectivity index (χ0n) is 26.8. The molecule has 6 rings (SSSR count). The van der Waals surface area contributed by atoms with Crippen LogP contribution in [0, 0.1) is 24.1 Å². The predicted molar refractivity (Wildman–Crippen MR) is 168 cm³/mol. The Morgan fingerprint density at radius 3 is 2.49 bits per heavy atom. The summed E-state index contributed by atoms with van der Waals surface area (Å²) < 4.78 is 67.0. The topological polar surface area (TPSA) is 92.3 Å². The molecule has 11 heteroatoms. The van der Waals surface area contributed by atoms with E-state index in [1.807, 2.05) is 6.07 Å². The van der Waals surface area contributed by atoms with Gasteiger partial charge in [0.25, 0.3) is 11.6 Å². The highest BCUT2D eigenvalue weighted by Crippen LogP contribution is 2.43. The molecule has 3 aliphatic rings. The van der Waals surface area contributed by atoms with Gasteiger partial charge in [0, 0.05) is 23.2 Å². The Labute approximate surface area is 272 Å². The van der Waals surface area contributed by atoms with Crippen molar-refractivity contribution < 1.29 is 31.5 Å². The molecule has 3 aromatic rings. The van der Waals surface area contributed by atoms with Gasteiger partial charge in [-0.1, -0.05) is 50.3 Å². The van der Waals surface area contributed by atoms with Crippen LogP contribution in [-0.2, 0) is 11.3 Å². The minimum atomic E-state index is -4.48. The molecule has 3 fully saturated rings. The number of carbonyl (C=O) groups is 1. The average molecular weight is 657 g/mol. The lowest BCUT2D eigenvalue weighted by Gasteiger charge is -2.47. The first-order valence-electron chi connectivity index (χ1n) is 16.8. The Morgan fingerprint density at radius 2 is 1.83 bits per heavy atom. The van der Waals surface area contributed by atoms with E-state index in [0.29, 0.717) is 28.7 Å². The number of carbonyl (C=O) groups excluding carboxylic acids is 1. The van der Waals surface area contributed by atoms with E-state index in [2.05, 4.69) is 10.6 Å². The van der Waals surface area contributed by atoms with Crippen LogP contribution < -0.4 is 16.3 Å². The number of piperidine rings is 1. The Hall–Kier alpha value is -3.44. The van der Waals surface area contributed by atoms with E-state index in [4.69, 9.17) is 14.6 Å². The molecule has 2 aliphatic carbocycles. The minimum Gasteiger partial charge on any atom is -0.432 e. The molecule has 1 amide bonds. The molecule has 2 aromatic carbocycles. The van der Waals surface area contributed by atoms with Gasteiger partial charge >= 0.3 is 6.18 Å². The minimum absolute atomic E-state index is 0.0566. The molecule has 0 radical (unpaired) electrons. The number of amides is 1. The lowest BCUT2D eigenvalue weighted by molar-refractivity contribution is -0.197. The van der Waals surface area contributed by atoms with Gasteiger partial charge in [0.05, 0.1) is 12.6 Å². The van der Waals surface area contributed by atoms with Crippen LogP contribution in [0.15, 0.2) is 53.3 Å². The van der Waals surface area contributed by atoms with Gasteiger partial charge in [-0.3, -0.25) is 20.1 Å². The van der Waals surface area contributed by atoms with Gasteiger partial charge in [-0.15, -0.1) is 0 Å². The van der Waals surface area contributed by atoms with E-state index < -0.39 is 24.9 Å². The van der Waals surface area contributed by atoms with Crippen molar-refractivity contribution in [1.29, 1.82) is 5.41 Å². The third-order valence-electron chi connectivity index (χ3n) is 10.1. The lowest BCUT2D eigenvalue weighted by atomic mass is 9.73. The largest absolute Gasteiger partial charge is 0.432 e. The number of hydrogen-bond donors (Lipinski definition) is 3. The van der Waals surface area contributed by atoms with E-state index in [0.717, 1.165) is 63.4 Å². The zero-order valence-corrected chi connectivity index (χ0v) is 26.8. The summed E-state index contributed by atoms with van der Waals surface area (Å²) in [6.45, 7) is 0.576. The van der Waals surface area contributed by atoms with Crippen LogP contribution in [0.4, 0.5) is 17.6 Å². The molecule has 1 aliphatic heterocycles. The highest BCUT2D eigenvalue weighted by molar-refractivity contribution is 5.95. The Kier molecular flexibility index (Phi) is 9.94. The number of halogens is 4. The number of rotatable bonds is 9. The summed E-state index contributed by atoms with van der Waals surface area (Å²) in [5.41, 5.74) is 2.82. The normalized spacial score (nSPS) is 22.4. The highest BCUT2D eigenvalue weighted by atomic mass is 19.4. The van der Waals surface area contributed by atoms with Crippen LogP contribution in [-0.4, -0.2) is 35.0 Å². The standard InChI is InChI=1S/C36H44F4N4O3/c1-23-17-26(9-10-30(23)37)31(25-7-8-25)42-32(45)28-19-24(21-44-15-16-46-34(44)41)18-27(20-28)29-11-14-35(12-5-3-2-4-6-13-35)43-33(29)47-22-36(38,39)40/h9-10,15-20,25,29,31,33,41,43H,2-8,11-14,21-22H2,1H3,(H,42,45)/t29?,31-,33?/m0/s1. The van der Waals surface area contributed by atoms with Gasteiger partial charge in [-0.25, -0.2) is 4.39 Å². The van der Waals surface area contributed by atoms with Crippen LogP contribution in [0.3, 0.4) is 0 Å². The monoisotopic (exact) mass is 656 g/mol. The zero-order chi connectivity index (χ0) is 33.2. The van der Waals surface area contributed by atoms with Crippen LogP contribution in [0.5, 0.6) is 0 Å². The molecule has 1 saturated heterocycles. The molecule has 254 valence electrons. The summed E-state index contributed by atoms with van der Waals surface area (Å²) in [6, 6.07) is 10.0. The summed E-state index contributed by atoms with van der Waals surface area (Å²) in [5, 5.41) is 14.9. The molecule has 2 unspecified atom stereocenters. The van der Waals surface area contributed by atoms with Gasteiger partial charge in [-0.2, -0.15) is 13.2 Å². The smallest absolute Gasteiger partial charge is 0.411 e. The maximum Gasteiger partial charge on any atom is 0.411 e. The van der Waals surface area contributed by atoms with Crippen molar-refractivity contribution in [2.24, 2.45) is 5.92 Å². The van der Waals surface area contributed by atoms with Crippen molar-refractivity contribution in [1.82, 2.24) is 15.2 Å². The number of benzene rings is 2. The molecule has 47 heavy (non-hydrogen) atoms. The molecule has 2 saturated carbocycles. The number of alkyl halides is 3. The van der Waals surface area contributed by atoms with E-state index >= 15 is 0 Å². The highest BCUT2D eigenvalue weighted by Gasteiger charge is 2.43. The van der Waals surface area contributed by atoms with E-state index in [-0.39, 0.29) is 41.5 Å². The van der Waals surface area contributed by atoms with Crippen molar-refractivity contribution in [2.45, 2.75) is 114 Å². The number of nitrogens with zero attached hydrogens (tertiary/aromatic N) is 1. The second-order valence-corrected chi connectivity index (χ2v) is 13.8. The molecule has 7 nitrogen and oxygen atoms in total. The Morgan fingerprint density at radius 1 is 1.09 bits per heavy atom. The number of ether oxygens (including phenoxy) is 1. The first-order valence-corrected chi connectivity index (χ1v) is 16.8. The average Bonchev–Trinajstić information content (AvgIpc) is 3.79. The number of hydrogen-bond acceptors (Lipinski definition) is 5. The van der Waals surface area contributed by atoms with Gasteiger partial charge in [0.15, 0.2) is 0 Å². The first kappa shape index (κ1) is 33.5. The molecular formula is C36H44F4N4O3. The van der Waals surface area contributed by atoms with E-state index in [1.165, 1.54) is 18.8 Å². The van der Waals surface area contributed by atoms with E-state index in [9.17, 15) is 22.4 Å². The fraction of sp³-hybridized carbons (Fsp3) is 0.556. The van der Waals surface area contributed by atoms with Gasteiger partial charge in [-0.05, 0) is 91.8 Å². The maximum atomic E-state index is 14.1. The molecule has 1 spiro atoms. The van der Waals surface area contributed by atoms with Crippen molar-refractivity contribution in [3.05, 3.63) is 88.2 Å². The third kappa shape index (κ3) is 8.35. The number of aromatic nitrogens is 1. The molecule has 1 aromatic heterocycles. The fourth-order valence-corrected chi connectivity index (χ4v) is 7.49. The molecule has 3 atom stereocenters. The second kappa shape index (κ2) is 14.0. The van der Waals surface area contributed by atoms with Crippen molar-refractivity contribution >= 4 is 5.91 Å². The van der Waals surface area contributed by atoms with Crippen LogP contribution in [0.2, 0.25) is 0 Å². The number of nitrogens with one attached hydrogen (secondary N) is 3. The third-order valence-corrected chi connectivity index (χ3v) is 10.1. The van der Waals surface area contributed by atoms with Gasteiger partial charge in [0.2, 0.25) is 0 Å². The summed E-state index contributed by atoms with van der Waals surface area (Å²) >= 11 is 0. The number of aryl methyl sites for hydroxylation is 1. The summed E-state index contributed by atoms with van der Waals surface area (Å²) in [5.74, 6) is -0.810. The van der Waals surface area contributed by atoms with E-state index in [1.54, 1.807) is 42.0 Å². The molecule has 2 heterocycles. The van der Waals surface area contributed by atoms with Crippen LogP contribution in [0.25, 0.3) is 0 Å². The van der Waals surface area contributed by atoms with Gasteiger partial charge < -0.3 is 14.5 Å². The Balaban J connectivity index is 1.33. The van der Waals surface area contributed by atoms with Gasteiger partial charge in [0.1, 0.15) is 24.9 Å². The van der Waals surface area contributed by atoms with Crippen LogP contribution in [0.1, 0.15) is 115 Å². The first-order chi connectivity index (χ1) is 22.5. The summed E-state index contributed by atoms with van der Waals surface area (Å²) in [7, 11) is 0. The fourth-order valence-electron chi connectivity index (χ4n) is 7.49.